The number of aliphatic hydroxyl groups is 11. The molecular weight excluding hydrogens is 1120 g/mol. The average Bonchev–Trinajstić information content (AvgIpc) is 2.58. The van der Waals surface area contributed by atoms with Crippen LogP contribution < -0.4 is 5.32 Å². The highest BCUT2D eigenvalue weighted by Gasteiger charge is 2.53. The topological polar surface area (TPSA) is 307 Å². The summed E-state index contributed by atoms with van der Waals surface area (Å²) >= 11 is 0. The Bertz CT molecular complexity index is 1910. The van der Waals surface area contributed by atoms with Crippen LogP contribution in [-0.2, 0) is 33.2 Å². The number of allylic oxidation sites excluding steroid dienone is 13. The highest BCUT2D eigenvalue weighted by molar-refractivity contribution is 5.76. The average molecular weight is 1240 g/mol. The number of aliphatic hydroxyl groups excluding tert-OH is 11. The summed E-state index contributed by atoms with van der Waals surface area (Å²) in [7, 11) is 0. The summed E-state index contributed by atoms with van der Waals surface area (Å²) in [5.74, 6) is -0.298. The van der Waals surface area contributed by atoms with Crippen LogP contribution >= 0.6 is 0 Å². The van der Waals surface area contributed by atoms with Gasteiger partial charge in [-0.3, -0.25) is 4.79 Å². The van der Waals surface area contributed by atoms with Crippen molar-refractivity contribution >= 4 is 5.91 Å². The van der Waals surface area contributed by atoms with Gasteiger partial charge in [0.05, 0.1) is 38.6 Å². The zero-order valence-electron chi connectivity index (χ0n) is 52.7. The number of nitrogens with one attached hydrogen (secondary N) is 1. The minimum atomic E-state index is -1.99. The van der Waals surface area contributed by atoms with E-state index in [9.17, 15) is 61.0 Å². The molecule has 1 amide bonds. The Kier molecular flexibility index (Phi) is 44.6. The Morgan fingerprint density at radius 2 is 0.805 bits per heavy atom. The van der Waals surface area contributed by atoms with Gasteiger partial charge in [0.25, 0.3) is 0 Å². The Hall–Kier alpha value is -3.03. The zero-order chi connectivity index (χ0) is 63.3. The summed E-state index contributed by atoms with van der Waals surface area (Å²) in [4.78, 5) is 13.4. The largest absolute Gasteiger partial charge is 0.394 e. The van der Waals surface area contributed by atoms with Crippen molar-refractivity contribution in [2.24, 2.45) is 0 Å². The third kappa shape index (κ3) is 32.2. The number of carbonyl (C=O) groups is 1. The molecule has 12 N–H and O–H groups in total. The van der Waals surface area contributed by atoms with E-state index >= 15 is 0 Å². The predicted octanol–water partition coefficient (Wildman–Crippen LogP) is 7.93. The van der Waals surface area contributed by atoms with Gasteiger partial charge in [0.1, 0.15) is 73.2 Å². The lowest BCUT2D eigenvalue weighted by Crippen LogP contribution is -2.66. The molecule has 3 saturated heterocycles. The van der Waals surface area contributed by atoms with Crippen molar-refractivity contribution in [1.82, 2.24) is 5.32 Å². The van der Waals surface area contributed by atoms with E-state index in [2.05, 4.69) is 92.1 Å². The molecule has 0 radical (unpaired) electrons. The Balaban J connectivity index is 1.48. The molecule has 87 heavy (non-hydrogen) atoms. The fourth-order valence-corrected chi connectivity index (χ4v) is 10.7. The van der Waals surface area contributed by atoms with Crippen molar-refractivity contribution in [3.63, 3.8) is 0 Å². The van der Waals surface area contributed by atoms with Crippen LogP contribution in [0.1, 0.15) is 206 Å². The van der Waals surface area contributed by atoms with Gasteiger partial charge in [-0.15, -0.1) is 0 Å². The van der Waals surface area contributed by atoms with Gasteiger partial charge in [0.2, 0.25) is 5.91 Å². The minimum absolute atomic E-state index is 0.222. The van der Waals surface area contributed by atoms with Crippen molar-refractivity contribution in [2.45, 2.75) is 311 Å². The molecule has 3 fully saturated rings. The predicted molar refractivity (Wildman–Crippen MR) is 337 cm³/mol. The summed E-state index contributed by atoms with van der Waals surface area (Å²) in [6.45, 7) is 1.58. The molecule has 19 heteroatoms. The maximum atomic E-state index is 13.4. The second-order valence-electron chi connectivity index (χ2n) is 23.5. The third-order valence-electron chi connectivity index (χ3n) is 16.2. The minimum Gasteiger partial charge on any atom is -0.394 e. The maximum Gasteiger partial charge on any atom is 0.220 e. The number of rotatable bonds is 49. The highest BCUT2D eigenvalue weighted by atomic mass is 16.8. The smallest absolute Gasteiger partial charge is 0.220 e. The quantitative estimate of drug-likeness (QED) is 0.0203. The van der Waals surface area contributed by atoms with Crippen molar-refractivity contribution < 1.29 is 89.4 Å². The van der Waals surface area contributed by atoms with E-state index in [0.717, 1.165) is 83.5 Å². The first-order valence-corrected chi connectivity index (χ1v) is 33.3. The normalized spacial score (nSPS) is 29.1. The number of unbranched alkanes of at least 4 members (excludes halogenated alkanes) is 21. The first-order valence-electron chi connectivity index (χ1n) is 33.3. The molecule has 0 aromatic heterocycles. The summed E-state index contributed by atoms with van der Waals surface area (Å²) in [6, 6.07) is -1.00. The Morgan fingerprint density at radius 3 is 1.29 bits per heavy atom. The molecule has 17 unspecified atom stereocenters. The molecular formula is C68H117NO18. The molecule has 3 aliphatic heterocycles. The lowest BCUT2D eigenvalue weighted by Gasteiger charge is -2.48. The van der Waals surface area contributed by atoms with Crippen molar-refractivity contribution in [3.05, 3.63) is 85.1 Å². The van der Waals surface area contributed by atoms with Crippen LogP contribution in [0.25, 0.3) is 0 Å². The molecule has 0 aromatic rings. The SMILES string of the molecule is CC/C=C\C/C=C\C/C=C\C/C=C\CCCCCCCCCCCCC(=O)NC(COC1OC(CO)C(OC2OC(CO)C(OC3OC(CO)C(O)C(O)C3O)C(O)C2O)C(O)C1O)C(O)/C=C/CC/C=C/CC/C=C/CCCCCCCCCCC. The van der Waals surface area contributed by atoms with E-state index in [1.54, 1.807) is 6.08 Å². The van der Waals surface area contributed by atoms with Gasteiger partial charge in [-0.2, -0.15) is 0 Å². The molecule has 3 rings (SSSR count). The summed E-state index contributed by atoms with van der Waals surface area (Å²) in [5.41, 5.74) is 0. The van der Waals surface area contributed by atoms with Gasteiger partial charge < -0.3 is 89.9 Å². The maximum absolute atomic E-state index is 13.4. The van der Waals surface area contributed by atoms with Crippen molar-refractivity contribution in [2.75, 3.05) is 26.4 Å². The molecule has 502 valence electrons. The van der Waals surface area contributed by atoms with Gasteiger partial charge in [-0.25, -0.2) is 0 Å². The highest BCUT2D eigenvalue weighted by Crippen LogP contribution is 2.33. The van der Waals surface area contributed by atoms with Gasteiger partial charge in [-0.05, 0) is 83.5 Å². The molecule has 0 bridgehead atoms. The lowest BCUT2D eigenvalue weighted by atomic mass is 9.96. The number of hydrogen-bond donors (Lipinski definition) is 12. The fourth-order valence-electron chi connectivity index (χ4n) is 10.7. The molecule has 3 heterocycles. The molecule has 0 aromatic carbocycles. The van der Waals surface area contributed by atoms with Crippen LogP contribution in [0.2, 0.25) is 0 Å². The molecule has 19 nitrogen and oxygen atoms in total. The number of amides is 1. The van der Waals surface area contributed by atoms with E-state index in [4.69, 9.17) is 28.4 Å². The fraction of sp³-hybridized carbons (Fsp3) is 0.779. The summed E-state index contributed by atoms with van der Waals surface area (Å²) < 4.78 is 34.3. The van der Waals surface area contributed by atoms with Crippen LogP contribution in [0.3, 0.4) is 0 Å². The first-order chi connectivity index (χ1) is 42.3. The molecule has 3 aliphatic rings. The van der Waals surface area contributed by atoms with Crippen LogP contribution in [-0.4, -0.2) is 193 Å². The van der Waals surface area contributed by atoms with Crippen molar-refractivity contribution in [1.29, 1.82) is 0 Å². The second kappa shape index (κ2) is 49.6. The number of hydrogen-bond acceptors (Lipinski definition) is 18. The molecule has 0 spiro atoms. The second-order valence-corrected chi connectivity index (χ2v) is 23.5. The summed E-state index contributed by atoms with van der Waals surface area (Å²) in [6.07, 6.45) is 35.5. The van der Waals surface area contributed by atoms with E-state index in [1.807, 2.05) is 6.08 Å². The van der Waals surface area contributed by atoms with Gasteiger partial charge in [0.15, 0.2) is 18.9 Å². The van der Waals surface area contributed by atoms with Gasteiger partial charge in [0, 0.05) is 6.42 Å². The molecule has 0 saturated carbocycles. The monoisotopic (exact) mass is 1240 g/mol. The third-order valence-corrected chi connectivity index (χ3v) is 16.2. The molecule has 17 atom stereocenters. The van der Waals surface area contributed by atoms with Gasteiger partial charge in [-0.1, -0.05) is 202 Å². The van der Waals surface area contributed by atoms with E-state index in [0.29, 0.717) is 12.8 Å². The van der Waals surface area contributed by atoms with Crippen LogP contribution in [0, 0.1) is 0 Å². The number of ether oxygens (including phenoxy) is 6. The standard InChI is InChI=1S/C68H117NO18/c1-3-5-7-9-11-13-15-17-19-21-23-24-25-26-28-30-32-34-36-38-40-42-44-46-56(74)69-51(52(73)45-43-41-39-37-35-33-31-29-27-22-20-18-16-14-12-10-8-6-4-2)50-82-66-62(80)59(77)64(54(48-71)84-66)87-68-63(81)60(78)65(55(49-72)85-68)86-67-61(79)58(76)57(75)53(47-70)83-67/h5,7,11,13,17,19,23-24,27,29,35,37,43,45,51-55,57-68,70-73,75-81H,3-4,6,8-10,12,14-16,18,20-22,25-26,28,30-34,36,38-42,44,46-50H2,1-2H3,(H,69,74)/b7-5-,13-11-,19-17-,24-23-,29-27+,37-35+,45-43+. The summed E-state index contributed by atoms with van der Waals surface area (Å²) in [5, 5.41) is 120. The Morgan fingerprint density at radius 1 is 0.425 bits per heavy atom. The van der Waals surface area contributed by atoms with Crippen LogP contribution in [0.5, 0.6) is 0 Å². The number of carbonyl (C=O) groups excluding carboxylic acids is 1. The van der Waals surface area contributed by atoms with Gasteiger partial charge >= 0.3 is 0 Å². The van der Waals surface area contributed by atoms with Crippen LogP contribution in [0.4, 0.5) is 0 Å². The van der Waals surface area contributed by atoms with E-state index < -0.39 is 124 Å². The first kappa shape index (κ1) is 78.2. The molecule has 0 aliphatic carbocycles. The van der Waals surface area contributed by atoms with Crippen LogP contribution in [0.15, 0.2) is 85.1 Å². The van der Waals surface area contributed by atoms with E-state index in [1.165, 1.54) is 89.9 Å². The lowest BCUT2D eigenvalue weighted by molar-refractivity contribution is -0.379. The Labute approximate surface area is 520 Å². The van der Waals surface area contributed by atoms with E-state index in [-0.39, 0.29) is 18.9 Å². The zero-order valence-corrected chi connectivity index (χ0v) is 52.7. The van der Waals surface area contributed by atoms with Crippen molar-refractivity contribution in [3.8, 4) is 0 Å².